The first-order chi connectivity index (χ1) is 16.8. The molecule has 174 valence electrons. The van der Waals surface area contributed by atoms with Crippen molar-refractivity contribution in [1.82, 2.24) is 0 Å². The van der Waals surface area contributed by atoms with E-state index in [9.17, 15) is 0 Å². The summed E-state index contributed by atoms with van der Waals surface area (Å²) in [4.78, 5) is 0. The van der Waals surface area contributed by atoms with Gasteiger partial charge in [-0.3, -0.25) is 0 Å². The SMILES string of the molecule is Cl[P@@]1C[C@]2(c3ccccc3)O[C@@]1(c1ccccc1)c1ccccc12.[C-]#[O+].[C-]#[O+].[C-]#[O+].[C-]#[O+].[C-]#[O+].[W]. The first kappa shape index (κ1) is 34.9. The molecule has 3 aromatic rings. The normalized spacial score (nSPS) is 21.1. The molecule has 0 radical (unpaired) electrons. The summed E-state index contributed by atoms with van der Waals surface area (Å²) in [5.74, 6) is 0. The molecule has 2 heterocycles. The first-order valence-electron chi connectivity index (χ1n) is 9.14. The smallest absolute Gasteiger partial charge is 0 e. The average molecular weight is 675 g/mol. The summed E-state index contributed by atoms with van der Waals surface area (Å²) in [5, 5.41) is -0.509. The molecule has 0 aliphatic carbocycles. The third-order valence-corrected chi connectivity index (χ3v) is 8.23. The van der Waals surface area contributed by atoms with Gasteiger partial charge in [0.2, 0.25) is 0 Å². The van der Waals surface area contributed by atoms with Crippen molar-refractivity contribution in [3.8, 4) is 0 Å². The van der Waals surface area contributed by atoms with Crippen LogP contribution in [0.5, 0.6) is 0 Å². The topological polar surface area (TPSA) is 109 Å². The van der Waals surface area contributed by atoms with Crippen molar-refractivity contribution in [3.63, 3.8) is 0 Å². The maximum atomic E-state index is 7.50. The minimum Gasteiger partial charge on any atom is 0 e. The van der Waals surface area contributed by atoms with E-state index in [4.69, 9.17) is 39.2 Å². The molecule has 0 saturated carbocycles. The monoisotopic (exact) mass is 674 g/mol. The van der Waals surface area contributed by atoms with E-state index in [1.165, 1.54) is 16.7 Å². The maximum Gasteiger partial charge on any atom is 0 e. The van der Waals surface area contributed by atoms with Crippen molar-refractivity contribution in [3.05, 3.63) is 140 Å². The number of hydrogen-bond donors (Lipinski definition) is 0. The van der Waals surface area contributed by atoms with Crippen LogP contribution in [0.1, 0.15) is 22.3 Å². The van der Waals surface area contributed by atoms with Gasteiger partial charge in [0.25, 0.3) is 0 Å². The van der Waals surface area contributed by atoms with E-state index in [-0.39, 0.29) is 21.1 Å². The summed E-state index contributed by atoms with van der Waals surface area (Å²) >= 11 is 7.01. The molecule has 1 fully saturated rings. The average Bonchev–Trinajstić information content (AvgIpc) is 3.46. The van der Waals surface area contributed by atoms with E-state index < -0.39 is 18.2 Å². The molecular formula is C26H16ClO6PW. The van der Waals surface area contributed by atoms with E-state index in [0.29, 0.717) is 0 Å². The maximum absolute atomic E-state index is 7.50. The first-order valence-corrected chi connectivity index (χ1v) is 11.6. The molecule has 35 heavy (non-hydrogen) atoms. The zero-order valence-electron chi connectivity index (χ0n) is 18.0. The zero-order chi connectivity index (χ0) is 26.2. The number of ether oxygens (including phenoxy) is 1. The molecule has 6 nitrogen and oxygen atoms in total. The molecule has 0 amide bonds. The summed E-state index contributed by atoms with van der Waals surface area (Å²) < 4.78 is 44.4. The Morgan fingerprint density at radius 3 is 1.43 bits per heavy atom. The summed E-state index contributed by atoms with van der Waals surface area (Å²) in [6, 6.07) is 29.5. The fraction of sp³-hybridized carbons (Fsp3) is 0.115. The van der Waals surface area contributed by atoms with Gasteiger partial charge in [0.05, 0.1) is 0 Å². The van der Waals surface area contributed by atoms with Gasteiger partial charge in [0.1, 0.15) is 5.60 Å². The van der Waals surface area contributed by atoms with E-state index in [1.54, 1.807) is 0 Å². The van der Waals surface area contributed by atoms with Gasteiger partial charge in [-0.2, -0.15) is 0 Å². The van der Waals surface area contributed by atoms with Crippen molar-refractivity contribution in [2.45, 2.75) is 10.9 Å². The molecule has 3 aromatic carbocycles. The minimum atomic E-state index is -0.848. The van der Waals surface area contributed by atoms with Gasteiger partial charge in [0, 0.05) is 40.1 Å². The van der Waals surface area contributed by atoms with Crippen molar-refractivity contribution < 1.29 is 49.1 Å². The Balaban J connectivity index is 0. The second kappa shape index (κ2) is 18.1. The number of hydrogen-bond acceptors (Lipinski definition) is 1. The molecule has 0 N–H and O–H groups in total. The second-order valence-corrected chi connectivity index (χ2v) is 9.27. The summed E-state index contributed by atoms with van der Waals surface area (Å²) in [6.07, 6.45) is 0.847. The van der Waals surface area contributed by atoms with Crippen molar-refractivity contribution in [1.29, 1.82) is 0 Å². The van der Waals surface area contributed by atoms with Crippen LogP contribution >= 0.6 is 18.5 Å². The second-order valence-electron chi connectivity index (χ2n) is 6.37. The van der Waals surface area contributed by atoms with E-state index in [1.807, 2.05) is 12.1 Å². The quantitative estimate of drug-likeness (QED) is 0.196. The van der Waals surface area contributed by atoms with Crippen LogP contribution in [0.3, 0.4) is 0 Å². The minimum absolute atomic E-state index is 0. The Bertz CT molecular complexity index is 1100. The Morgan fingerprint density at radius 2 is 0.971 bits per heavy atom. The number of halogens is 1. The fourth-order valence-corrected chi connectivity index (χ4v) is 7.48. The van der Waals surface area contributed by atoms with Crippen LogP contribution in [0.25, 0.3) is 0 Å². The molecule has 2 bridgehead atoms. The number of benzene rings is 3. The molecule has 3 atom stereocenters. The fourth-order valence-electron chi connectivity index (χ4n) is 4.13. The predicted molar refractivity (Wildman–Crippen MR) is 119 cm³/mol. The number of fused-ring (bicyclic) bond motifs is 5. The van der Waals surface area contributed by atoms with Crippen LogP contribution in [-0.4, -0.2) is 6.16 Å². The van der Waals surface area contributed by atoms with Gasteiger partial charge in [-0.1, -0.05) is 96.2 Å². The molecule has 0 unspecified atom stereocenters. The van der Waals surface area contributed by atoms with Gasteiger partial charge < -0.3 is 4.74 Å². The largest absolute Gasteiger partial charge is 0 e. The molecule has 5 rings (SSSR count). The van der Waals surface area contributed by atoms with Crippen LogP contribution in [-0.2, 0) is 60.0 Å². The molecule has 0 aromatic heterocycles. The van der Waals surface area contributed by atoms with Gasteiger partial charge in [-0.05, 0) is 16.7 Å². The van der Waals surface area contributed by atoms with Gasteiger partial charge >= 0.3 is 56.5 Å². The molecule has 0 spiro atoms. The van der Waals surface area contributed by atoms with Gasteiger partial charge in [0.15, 0.2) is 5.34 Å². The van der Waals surface area contributed by atoms with Crippen LogP contribution in [0.15, 0.2) is 84.9 Å². The van der Waals surface area contributed by atoms with Gasteiger partial charge in [-0.25, -0.2) is 0 Å². The molecule has 2 aliphatic rings. The number of rotatable bonds is 2. The Hall–Kier alpha value is -2.27. The summed E-state index contributed by atoms with van der Waals surface area (Å²) in [6.45, 7) is 22.5. The van der Waals surface area contributed by atoms with E-state index >= 15 is 0 Å². The zero-order valence-corrected chi connectivity index (χ0v) is 22.6. The Kier molecular flexibility index (Phi) is 18.0. The van der Waals surface area contributed by atoms with Crippen molar-refractivity contribution in [2.24, 2.45) is 0 Å². The predicted octanol–water partition coefficient (Wildman–Crippen LogP) is 5.62. The van der Waals surface area contributed by atoms with E-state index in [2.05, 4.69) is 106 Å². The van der Waals surface area contributed by atoms with Crippen LogP contribution in [0.2, 0.25) is 0 Å². The van der Waals surface area contributed by atoms with Gasteiger partial charge in [-0.15, -0.1) is 0 Å². The van der Waals surface area contributed by atoms with Crippen LogP contribution in [0.4, 0.5) is 0 Å². The third-order valence-electron chi connectivity index (χ3n) is 5.16. The van der Waals surface area contributed by atoms with Crippen LogP contribution in [0, 0.1) is 33.3 Å². The van der Waals surface area contributed by atoms with Crippen molar-refractivity contribution >= 4 is 18.5 Å². The van der Waals surface area contributed by atoms with Crippen LogP contribution < -0.4 is 0 Å². The Morgan fingerprint density at radius 1 is 0.600 bits per heavy atom. The molecule has 2 aliphatic heterocycles. The standard InChI is InChI=1S/C21H16ClOP.5CO.W/c22-24-15-20(16-9-3-1-4-10-16)18-13-7-8-14-19(18)21(24,23-20)17-11-5-2-6-12-17;5*1-2;/h1-14H,15H2;;;;;;/t20-,21-,24+;;;;;;/m1....../s1. The molecule has 1 saturated heterocycles. The van der Waals surface area contributed by atoms with Crippen molar-refractivity contribution in [2.75, 3.05) is 6.16 Å². The summed E-state index contributed by atoms with van der Waals surface area (Å²) in [5.41, 5.74) is 4.42. The third kappa shape index (κ3) is 6.49. The molecular weight excluding hydrogens is 659 g/mol. The Labute approximate surface area is 224 Å². The van der Waals surface area contributed by atoms with E-state index in [0.717, 1.165) is 11.7 Å². The summed E-state index contributed by atoms with van der Waals surface area (Å²) in [7, 11) is -0.848. The molecule has 9 heteroatoms.